The summed E-state index contributed by atoms with van der Waals surface area (Å²) in [6, 6.07) is 4.45. The Kier molecular flexibility index (Phi) is 3.28. The van der Waals surface area contributed by atoms with E-state index in [9.17, 15) is 9.18 Å². The Morgan fingerprint density at radius 1 is 1.44 bits per heavy atom. The number of hydrogen-bond donors (Lipinski definition) is 1. The van der Waals surface area contributed by atoms with Crippen LogP contribution in [0.15, 0.2) is 18.2 Å². The summed E-state index contributed by atoms with van der Waals surface area (Å²) in [6.07, 6.45) is 2.11. The van der Waals surface area contributed by atoms with Crippen LogP contribution in [0.5, 0.6) is 0 Å². The molecule has 1 aromatic rings. The summed E-state index contributed by atoms with van der Waals surface area (Å²) in [7, 11) is 0. The summed E-state index contributed by atoms with van der Waals surface area (Å²) in [5.41, 5.74) is 0.422. The molecule has 98 valence electrons. The van der Waals surface area contributed by atoms with Gasteiger partial charge < -0.3 is 10.0 Å². The van der Waals surface area contributed by atoms with Crippen molar-refractivity contribution in [3.63, 3.8) is 0 Å². The van der Waals surface area contributed by atoms with E-state index in [-0.39, 0.29) is 11.0 Å². The third-order valence-electron chi connectivity index (χ3n) is 3.45. The van der Waals surface area contributed by atoms with E-state index >= 15 is 0 Å². The highest BCUT2D eigenvalue weighted by molar-refractivity contribution is 5.94. The standard InChI is InChI=1S/C14H18FNO2/c1-14(2)7-4-8-16(9-14)11-6-3-5-10(15)12(11)13(17)18/h3,5-6H,4,7-9H2,1-2H3,(H,17,18). The molecule has 0 spiro atoms. The van der Waals surface area contributed by atoms with Crippen LogP contribution in [-0.2, 0) is 0 Å². The van der Waals surface area contributed by atoms with Gasteiger partial charge in [-0.05, 0) is 30.4 Å². The van der Waals surface area contributed by atoms with Crippen molar-refractivity contribution in [2.45, 2.75) is 26.7 Å². The van der Waals surface area contributed by atoms with Gasteiger partial charge in [-0.25, -0.2) is 9.18 Å². The van der Waals surface area contributed by atoms with Crippen molar-refractivity contribution in [3.8, 4) is 0 Å². The molecule has 0 bridgehead atoms. The lowest BCUT2D eigenvalue weighted by atomic mass is 9.84. The maximum absolute atomic E-state index is 13.6. The number of carboxylic acid groups (broad SMARTS) is 1. The van der Waals surface area contributed by atoms with Gasteiger partial charge in [-0.2, -0.15) is 0 Å². The zero-order valence-corrected chi connectivity index (χ0v) is 10.7. The summed E-state index contributed by atoms with van der Waals surface area (Å²) in [5, 5.41) is 9.14. The minimum absolute atomic E-state index is 0.139. The van der Waals surface area contributed by atoms with Crippen molar-refractivity contribution < 1.29 is 14.3 Å². The molecule has 0 radical (unpaired) electrons. The lowest BCUT2D eigenvalue weighted by molar-refractivity contribution is 0.0692. The van der Waals surface area contributed by atoms with Crippen LogP contribution in [0.1, 0.15) is 37.0 Å². The molecule has 3 nitrogen and oxygen atoms in total. The first-order valence-corrected chi connectivity index (χ1v) is 6.17. The normalized spacial score (nSPS) is 18.7. The minimum atomic E-state index is -1.20. The topological polar surface area (TPSA) is 40.5 Å². The second kappa shape index (κ2) is 4.59. The third kappa shape index (κ3) is 2.47. The van der Waals surface area contributed by atoms with E-state index in [1.54, 1.807) is 12.1 Å². The maximum Gasteiger partial charge on any atom is 0.340 e. The fraction of sp³-hybridized carbons (Fsp3) is 0.500. The quantitative estimate of drug-likeness (QED) is 0.877. The molecular weight excluding hydrogens is 233 g/mol. The first kappa shape index (κ1) is 12.9. The predicted molar refractivity (Wildman–Crippen MR) is 68.6 cm³/mol. The summed E-state index contributed by atoms with van der Waals surface area (Å²) in [5.74, 6) is -1.87. The van der Waals surface area contributed by atoms with E-state index in [1.165, 1.54) is 6.07 Å². The van der Waals surface area contributed by atoms with Crippen molar-refractivity contribution >= 4 is 11.7 Å². The Bertz CT molecular complexity index is 471. The summed E-state index contributed by atoms with van der Waals surface area (Å²) >= 11 is 0. The molecule has 0 atom stereocenters. The van der Waals surface area contributed by atoms with Gasteiger partial charge in [-0.3, -0.25) is 0 Å². The lowest BCUT2D eigenvalue weighted by Crippen LogP contribution is -2.40. The molecule has 4 heteroatoms. The number of rotatable bonds is 2. The van der Waals surface area contributed by atoms with Crippen molar-refractivity contribution in [1.29, 1.82) is 0 Å². The summed E-state index contributed by atoms with van der Waals surface area (Å²) < 4.78 is 13.6. The van der Waals surface area contributed by atoms with Crippen LogP contribution in [0.2, 0.25) is 0 Å². The highest BCUT2D eigenvalue weighted by Gasteiger charge is 2.29. The Hall–Kier alpha value is -1.58. The average Bonchev–Trinajstić information content (AvgIpc) is 2.26. The minimum Gasteiger partial charge on any atom is -0.478 e. The van der Waals surface area contributed by atoms with E-state index in [2.05, 4.69) is 13.8 Å². The van der Waals surface area contributed by atoms with Crippen molar-refractivity contribution in [1.82, 2.24) is 0 Å². The van der Waals surface area contributed by atoms with E-state index < -0.39 is 11.8 Å². The first-order valence-electron chi connectivity index (χ1n) is 6.17. The molecule has 0 saturated carbocycles. The van der Waals surface area contributed by atoms with Crippen molar-refractivity contribution in [3.05, 3.63) is 29.6 Å². The fourth-order valence-corrected chi connectivity index (χ4v) is 2.62. The average molecular weight is 251 g/mol. The van der Waals surface area contributed by atoms with Crippen LogP contribution in [0.25, 0.3) is 0 Å². The molecule has 1 fully saturated rings. The van der Waals surface area contributed by atoms with E-state index in [4.69, 9.17) is 5.11 Å². The zero-order valence-electron chi connectivity index (χ0n) is 10.7. The Labute approximate surface area is 106 Å². The monoisotopic (exact) mass is 251 g/mol. The molecule has 1 aromatic carbocycles. The molecule has 1 saturated heterocycles. The number of aromatic carboxylic acids is 1. The number of anilines is 1. The van der Waals surface area contributed by atoms with Gasteiger partial charge in [0.2, 0.25) is 0 Å². The molecule has 0 unspecified atom stereocenters. The van der Waals surface area contributed by atoms with Gasteiger partial charge in [0.15, 0.2) is 0 Å². The van der Waals surface area contributed by atoms with Crippen LogP contribution in [-0.4, -0.2) is 24.2 Å². The van der Waals surface area contributed by atoms with Crippen LogP contribution in [0.4, 0.5) is 10.1 Å². The van der Waals surface area contributed by atoms with Crippen LogP contribution < -0.4 is 4.90 Å². The Morgan fingerprint density at radius 2 is 2.17 bits per heavy atom. The summed E-state index contributed by atoms with van der Waals surface area (Å²) in [4.78, 5) is 13.2. The highest BCUT2D eigenvalue weighted by atomic mass is 19.1. The number of carbonyl (C=O) groups is 1. The molecular formula is C14H18FNO2. The molecule has 2 rings (SSSR count). The number of nitrogens with zero attached hydrogens (tertiary/aromatic N) is 1. The van der Waals surface area contributed by atoms with Gasteiger partial charge in [0.25, 0.3) is 0 Å². The van der Waals surface area contributed by atoms with Crippen molar-refractivity contribution in [2.75, 3.05) is 18.0 Å². The van der Waals surface area contributed by atoms with Crippen LogP contribution in [0, 0.1) is 11.2 Å². The fourth-order valence-electron chi connectivity index (χ4n) is 2.62. The smallest absolute Gasteiger partial charge is 0.340 e. The maximum atomic E-state index is 13.6. The van der Waals surface area contributed by atoms with E-state index in [0.717, 1.165) is 25.9 Å². The molecule has 1 heterocycles. The van der Waals surface area contributed by atoms with Crippen molar-refractivity contribution in [2.24, 2.45) is 5.41 Å². The molecule has 1 N–H and O–H groups in total. The Morgan fingerprint density at radius 3 is 2.78 bits per heavy atom. The predicted octanol–water partition coefficient (Wildman–Crippen LogP) is 3.15. The first-order chi connectivity index (χ1) is 8.41. The molecule has 0 aromatic heterocycles. The van der Waals surface area contributed by atoms with Gasteiger partial charge in [0.05, 0.1) is 5.69 Å². The highest BCUT2D eigenvalue weighted by Crippen LogP contribution is 2.33. The largest absolute Gasteiger partial charge is 0.478 e. The molecule has 0 aliphatic carbocycles. The van der Waals surface area contributed by atoms with Gasteiger partial charge in [0, 0.05) is 13.1 Å². The zero-order chi connectivity index (χ0) is 13.3. The summed E-state index contributed by atoms with van der Waals surface area (Å²) in [6.45, 7) is 5.85. The molecule has 1 aliphatic heterocycles. The number of benzene rings is 1. The third-order valence-corrected chi connectivity index (χ3v) is 3.45. The second-order valence-corrected chi connectivity index (χ2v) is 5.63. The number of carboxylic acids is 1. The van der Waals surface area contributed by atoms with E-state index in [1.807, 2.05) is 4.90 Å². The number of piperidine rings is 1. The number of hydrogen-bond acceptors (Lipinski definition) is 2. The van der Waals surface area contributed by atoms with Gasteiger partial charge in [-0.1, -0.05) is 19.9 Å². The van der Waals surface area contributed by atoms with Gasteiger partial charge in [-0.15, -0.1) is 0 Å². The molecule has 18 heavy (non-hydrogen) atoms. The van der Waals surface area contributed by atoms with E-state index in [0.29, 0.717) is 5.69 Å². The molecule has 0 amide bonds. The van der Waals surface area contributed by atoms with Gasteiger partial charge >= 0.3 is 5.97 Å². The Balaban J connectivity index is 2.39. The second-order valence-electron chi connectivity index (χ2n) is 5.63. The number of halogens is 1. The molecule has 1 aliphatic rings. The lowest BCUT2D eigenvalue weighted by Gasteiger charge is -2.39. The van der Waals surface area contributed by atoms with Crippen LogP contribution >= 0.6 is 0 Å². The van der Waals surface area contributed by atoms with Gasteiger partial charge in [0.1, 0.15) is 11.4 Å². The SMILES string of the molecule is CC1(C)CCCN(c2cccc(F)c2C(=O)O)C1. The van der Waals surface area contributed by atoms with Crippen LogP contribution in [0.3, 0.4) is 0 Å².